The van der Waals surface area contributed by atoms with Gasteiger partial charge in [0.25, 0.3) is 0 Å². The van der Waals surface area contributed by atoms with Gasteiger partial charge in [0.05, 0.1) is 9.13 Å². The van der Waals surface area contributed by atoms with E-state index in [1.807, 2.05) is 13.0 Å². The molecule has 0 saturated heterocycles. The quantitative estimate of drug-likeness (QED) is 0.747. The molecule has 1 aliphatic rings. The fraction of sp³-hybridized carbons (Fsp3) is 0.417. The van der Waals surface area contributed by atoms with Crippen LogP contribution in [0.1, 0.15) is 34.8 Å². The molecule has 0 radical (unpaired) electrons. The minimum atomic E-state index is 0.0860. The van der Waals surface area contributed by atoms with E-state index in [4.69, 9.17) is 0 Å². The summed E-state index contributed by atoms with van der Waals surface area (Å²) < 4.78 is 0.770. The lowest BCUT2D eigenvalue weighted by molar-refractivity contribution is 0.0950. The Kier molecular flexibility index (Phi) is 2.75. The Morgan fingerprint density at radius 3 is 2.80 bits per heavy atom. The number of benzene rings is 1. The molecule has 0 saturated carbocycles. The average Bonchev–Trinajstić information content (AvgIpc) is 2.13. The molecule has 0 bridgehead atoms. The fourth-order valence-corrected chi connectivity index (χ4v) is 2.94. The van der Waals surface area contributed by atoms with Crippen LogP contribution in [0.25, 0.3) is 0 Å². The molecule has 0 heterocycles. The Morgan fingerprint density at radius 1 is 1.47 bits per heavy atom. The molecule has 1 atom stereocenters. The highest BCUT2D eigenvalue weighted by Gasteiger charge is 2.27. The number of rotatable bonds is 0. The van der Waals surface area contributed by atoms with E-state index >= 15 is 0 Å². The van der Waals surface area contributed by atoms with Crippen LogP contribution in [0.4, 0.5) is 0 Å². The number of phenolic OH excluding ortho intramolecular Hbond substituents is 1. The summed E-state index contributed by atoms with van der Waals surface area (Å²) in [6, 6.07) is 1.94. The maximum absolute atomic E-state index is 11.9. The van der Waals surface area contributed by atoms with Crippen LogP contribution in [0.15, 0.2) is 6.07 Å². The molecule has 0 amide bonds. The van der Waals surface area contributed by atoms with Gasteiger partial charge in [0.15, 0.2) is 5.78 Å². The first kappa shape index (κ1) is 10.9. The van der Waals surface area contributed by atoms with Gasteiger partial charge >= 0.3 is 0 Å². The number of fused-ring (bicyclic) bond motifs is 1. The van der Waals surface area contributed by atoms with Gasteiger partial charge in [-0.25, -0.2) is 0 Å². The first-order valence-electron chi connectivity index (χ1n) is 5.05. The van der Waals surface area contributed by atoms with Crippen molar-refractivity contribution in [1.29, 1.82) is 0 Å². The van der Waals surface area contributed by atoms with Crippen molar-refractivity contribution in [2.45, 2.75) is 26.7 Å². The number of ketones is 1. The molecule has 0 fully saturated rings. The van der Waals surface area contributed by atoms with E-state index in [0.717, 1.165) is 21.1 Å². The molecule has 1 aliphatic carbocycles. The van der Waals surface area contributed by atoms with Crippen molar-refractivity contribution >= 4 is 28.4 Å². The van der Waals surface area contributed by atoms with Crippen LogP contribution >= 0.6 is 22.6 Å². The molecule has 80 valence electrons. The number of aromatic hydroxyl groups is 1. The lowest BCUT2D eigenvalue weighted by Gasteiger charge is -2.23. The smallest absolute Gasteiger partial charge is 0.167 e. The van der Waals surface area contributed by atoms with E-state index < -0.39 is 0 Å². The second-order valence-electron chi connectivity index (χ2n) is 4.31. The van der Waals surface area contributed by atoms with Crippen molar-refractivity contribution in [1.82, 2.24) is 0 Å². The molecular weight excluding hydrogens is 303 g/mol. The van der Waals surface area contributed by atoms with Crippen LogP contribution in [0, 0.1) is 16.4 Å². The summed E-state index contributed by atoms with van der Waals surface area (Å²) in [7, 11) is 0. The summed E-state index contributed by atoms with van der Waals surface area (Å²) >= 11 is 2.07. The van der Waals surface area contributed by atoms with Gasteiger partial charge in [0.1, 0.15) is 5.75 Å². The van der Waals surface area contributed by atoms with E-state index in [-0.39, 0.29) is 11.5 Å². The Balaban J connectivity index is 2.69. The summed E-state index contributed by atoms with van der Waals surface area (Å²) in [5.41, 5.74) is 2.72. The highest BCUT2D eigenvalue weighted by molar-refractivity contribution is 14.1. The third-order valence-electron chi connectivity index (χ3n) is 2.95. The lowest BCUT2D eigenvalue weighted by Crippen LogP contribution is -2.19. The van der Waals surface area contributed by atoms with E-state index in [1.54, 1.807) is 0 Å². The van der Waals surface area contributed by atoms with Gasteiger partial charge < -0.3 is 5.11 Å². The van der Waals surface area contributed by atoms with Crippen LogP contribution in [0.5, 0.6) is 5.75 Å². The van der Waals surface area contributed by atoms with Crippen molar-refractivity contribution < 1.29 is 9.90 Å². The Hall–Kier alpha value is -0.580. The van der Waals surface area contributed by atoms with Gasteiger partial charge in [-0.15, -0.1) is 0 Å². The van der Waals surface area contributed by atoms with E-state index in [1.165, 1.54) is 0 Å². The predicted molar refractivity (Wildman–Crippen MR) is 67.4 cm³/mol. The van der Waals surface area contributed by atoms with Crippen molar-refractivity contribution in [2.24, 2.45) is 5.92 Å². The molecule has 1 N–H and O–H groups in total. The lowest BCUT2D eigenvalue weighted by atomic mass is 9.81. The molecule has 1 aromatic carbocycles. The molecule has 15 heavy (non-hydrogen) atoms. The van der Waals surface area contributed by atoms with Crippen LogP contribution in [0.2, 0.25) is 0 Å². The number of halogens is 1. The van der Waals surface area contributed by atoms with Crippen molar-refractivity contribution in [3.05, 3.63) is 26.3 Å². The van der Waals surface area contributed by atoms with Gasteiger partial charge in [-0.1, -0.05) is 6.92 Å². The first-order valence-corrected chi connectivity index (χ1v) is 6.12. The highest BCUT2D eigenvalue weighted by Crippen LogP contribution is 2.36. The Bertz CT molecular complexity index is 438. The molecule has 3 heteroatoms. The van der Waals surface area contributed by atoms with Gasteiger partial charge in [-0.3, -0.25) is 4.79 Å². The second-order valence-corrected chi connectivity index (χ2v) is 5.48. The largest absolute Gasteiger partial charge is 0.506 e. The minimum absolute atomic E-state index is 0.0860. The van der Waals surface area contributed by atoms with Crippen LogP contribution < -0.4 is 0 Å². The summed E-state index contributed by atoms with van der Waals surface area (Å²) in [5, 5.41) is 9.90. The SMILES string of the molecule is Cc1cc(I)c(O)c2c1C[C@@H](C)CC2=O. The molecule has 2 nitrogen and oxygen atoms in total. The topological polar surface area (TPSA) is 37.3 Å². The molecule has 0 aromatic heterocycles. The number of carbonyl (C=O) groups excluding carboxylic acids is 1. The Labute approximate surface area is 103 Å². The summed E-state index contributed by atoms with van der Waals surface area (Å²) in [5.74, 6) is 0.652. The third-order valence-corrected chi connectivity index (χ3v) is 3.77. The molecule has 0 spiro atoms. The summed E-state index contributed by atoms with van der Waals surface area (Å²) in [6.45, 7) is 4.08. The van der Waals surface area contributed by atoms with Crippen molar-refractivity contribution in [3.63, 3.8) is 0 Å². The maximum Gasteiger partial charge on any atom is 0.167 e. The van der Waals surface area contributed by atoms with Crippen LogP contribution in [0.3, 0.4) is 0 Å². The van der Waals surface area contributed by atoms with E-state index in [0.29, 0.717) is 17.9 Å². The number of aryl methyl sites for hydroxylation is 1. The highest BCUT2D eigenvalue weighted by atomic mass is 127. The van der Waals surface area contributed by atoms with Gasteiger partial charge in [0.2, 0.25) is 0 Å². The zero-order valence-electron chi connectivity index (χ0n) is 8.80. The maximum atomic E-state index is 11.9. The number of carbonyl (C=O) groups is 1. The normalized spacial score (nSPS) is 20.2. The van der Waals surface area contributed by atoms with Crippen LogP contribution in [-0.4, -0.2) is 10.9 Å². The number of hydrogen-bond acceptors (Lipinski definition) is 2. The monoisotopic (exact) mass is 316 g/mol. The summed E-state index contributed by atoms with van der Waals surface area (Å²) in [4.78, 5) is 11.9. The molecule has 0 aliphatic heterocycles. The molecular formula is C12H13IO2. The average molecular weight is 316 g/mol. The fourth-order valence-electron chi connectivity index (χ4n) is 2.21. The molecule has 1 aromatic rings. The summed E-state index contributed by atoms with van der Waals surface area (Å²) in [6.07, 6.45) is 1.46. The molecule has 2 rings (SSSR count). The Morgan fingerprint density at radius 2 is 2.13 bits per heavy atom. The van der Waals surface area contributed by atoms with E-state index in [2.05, 4.69) is 29.5 Å². The van der Waals surface area contributed by atoms with Gasteiger partial charge in [-0.2, -0.15) is 0 Å². The predicted octanol–water partition coefficient (Wildman–Crippen LogP) is 3.07. The third kappa shape index (κ3) is 1.77. The minimum Gasteiger partial charge on any atom is -0.506 e. The zero-order chi connectivity index (χ0) is 11.2. The standard InChI is InChI=1S/C12H13IO2/c1-6-3-8-7(2)5-9(13)12(15)11(8)10(14)4-6/h5-6,15H,3-4H2,1-2H3/t6-/m1/s1. The van der Waals surface area contributed by atoms with Crippen LogP contribution in [-0.2, 0) is 6.42 Å². The van der Waals surface area contributed by atoms with Gasteiger partial charge in [-0.05, 0) is 59.0 Å². The van der Waals surface area contributed by atoms with Crippen molar-refractivity contribution in [3.8, 4) is 5.75 Å². The van der Waals surface area contributed by atoms with Gasteiger partial charge in [0, 0.05) is 6.42 Å². The second kappa shape index (κ2) is 3.77. The first-order chi connectivity index (χ1) is 7.00. The van der Waals surface area contributed by atoms with Crippen molar-refractivity contribution in [2.75, 3.05) is 0 Å². The number of phenols is 1. The molecule has 0 unspecified atom stereocenters. The van der Waals surface area contributed by atoms with E-state index in [9.17, 15) is 9.90 Å². The zero-order valence-corrected chi connectivity index (χ0v) is 11.0. The number of hydrogen-bond donors (Lipinski definition) is 1. The number of Topliss-reactive ketones (excluding diaryl/α,β-unsaturated/α-hetero) is 1.